The Morgan fingerprint density at radius 1 is 1.24 bits per heavy atom. The van der Waals surface area contributed by atoms with Gasteiger partial charge in [-0.3, -0.25) is 4.55 Å². The summed E-state index contributed by atoms with van der Waals surface area (Å²) in [6.45, 7) is 0.245. The minimum absolute atomic E-state index is 0.144. The SMILES string of the molecule is Cc1ccc(S(=O)(=O)O)c(C[O])c1S(N)(=O)=O. The number of primary sulfonamides is 1. The van der Waals surface area contributed by atoms with E-state index in [2.05, 4.69) is 0 Å². The normalized spacial score (nSPS) is 12.7. The Morgan fingerprint density at radius 3 is 2.12 bits per heavy atom. The van der Waals surface area contributed by atoms with Crippen LogP contribution < -0.4 is 5.14 Å². The van der Waals surface area contributed by atoms with E-state index in [1.54, 1.807) is 0 Å². The molecule has 0 heterocycles. The summed E-state index contributed by atoms with van der Waals surface area (Å²) < 4.78 is 53.4. The van der Waals surface area contributed by atoms with Gasteiger partial charge in [0.2, 0.25) is 10.0 Å². The third-order valence-electron chi connectivity index (χ3n) is 2.12. The van der Waals surface area contributed by atoms with Gasteiger partial charge in [0.05, 0.1) is 4.90 Å². The summed E-state index contributed by atoms with van der Waals surface area (Å²) in [4.78, 5) is -1.29. The summed E-state index contributed by atoms with van der Waals surface area (Å²) in [6, 6.07) is 2.12. The molecule has 9 heteroatoms. The lowest BCUT2D eigenvalue weighted by atomic mass is 10.1. The topological polar surface area (TPSA) is 134 Å². The van der Waals surface area contributed by atoms with Crippen LogP contribution in [0.2, 0.25) is 0 Å². The van der Waals surface area contributed by atoms with Crippen molar-refractivity contribution >= 4 is 20.1 Å². The molecule has 0 amide bonds. The molecule has 1 aromatic rings. The Labute approximate surface area is 98.7 Å². The van der Waals surface area contributed by atoms with Gasteiger partial charge in [-0.05, 0) is 18.6 Å². The molecule has 7 nitrogen and oxygen atoms in total. The maximum Gasteiger partial charge on any atom is 0.294 e. The lowest BCUT2D eigenvalue weighted by Gasteiger charge is -2.11. The van der Waals surface area contributed by atoms with Crippen LogP contribution in [0.15, 0.2) is 21.9 Å². The van der Waals surface area contributed by atoms with Crippen molar-refractivity contribution in [3.8, 4) is 0 Å². The predicted octanol–water partition coefficient (Wildman–Crippen LogP) is -0.180. The van der Waals surface area contributed by atoms with Crippen LogP contribution in [0.25, 0.3) is 0 Å². The first-order valence-corrected chi connectivity index (χ1v) is 7.28. The quantitative estimate of drug-likeness (QED) is 0.740. The standard InChI is InChI=1S/C8H10NO6S2/c1-5-2-3-7(17(13,14)15)6(4-10)8(5)16(9,11)12/h2-3H,4H2,1H3,(H2,9,11,12)(H,13,14,15). The minimum Gasteiger partial charge on any atom is -0.282 e. The number of nitrogens with two attached hydrogens (primary N) is 1. The van der Waals surface area contributed by atoms with Crippen LogP contribution in [-0.4, -0.2) is 21.4 Å². The van der Waals surface area contributed by atoms with Gasteiger partial charge in [0, 0.05) is 5.56 Å². The predicted molar refractivity (Wildman–Crippen MR) is 56.8 cm³/mol. The molecule has 1 aromatic carbocycles. The van der Waals surface area contributed by atoms with E-state index in [9.17, 15) is 21.9 Å². The molecule has 3 N–H and O–H groups in total. The first-order valence-electron chi connectivity index (χ1n) is 4.30. The molecule has 0 unspecified atom stereocenters. The number of hydrogen-bond acceptors (Lipinski definition) is 4. The number of rotatable bonds is 3. The van der Waals surface area contributed by atoms with E-state index in [1.807, 2.05) is 0 Å². The first-order chi connectivity index (χ1) is 7.59. The highest BCUT2D eigenvalue weighted by atomic mass is 32.2. The van der Waals surface area contributed by atoms with Crippen molar-refractivity contribution in [2.75, 3.05) is 0 Å². The zero-order valence-electron chi connectivity index (χ0n) is 8.74. The van der Waals surface area contributed by atoms with Crippen LogP contribution in [0.5, 0.6) is 0 Å². The molecule has 17 heavy (non-hydrogen) atoms. The maximum atomic E-state index is 11.3. The summed E-state index contributed by atoms with van der Waals surface area (Å²) >= 11 is 0. The third-order valence-corrected chi connectivity index (χ3v) is 4.20. The van der Waals surface area contributed by atoms with E-state index in [1.165, 1.54) is 6.92 Å². The van der Waals surface area contributed by atoms with Crippen LogP contribution in [0, 0.1) is 6.92 Å². The van der Waals surface area contributed by atoms with Gasteiger partial charge in [-0.1, -0.05) is 6.07 Å². The minimum atomic E-state index is -4.67. The second-order valence-electron chi connectivity index (χ2n) is 3.35. The molecule has 1 radical (unpaired) electrons. The Morgan fingerprint density at radius 2 is 1.76 bits per heavy atom. The highest BCUT2D eigenvalue weighted by Gasteiger charge is 2.25. The molecule has 0 aliphatic heterocycles. The molecular formula is C8H10NO6S2. The summed E-state index contributed by atoms with van der Waals surface area (Å²) in [6.07, 6.45) is 0. The van der Waals surface area contributed by atoms with Crippen molar-refractivity contribution in [1.82, 2.24) is 0 Å². The second-order valence-corrected chi connectivity index (χ2v) is 6.24. The van der Waals surface area contributed by atoms with E-state index in [4.69, 9.17) is 9.69 Å². The number of benzene rings is 1. The van der Waals surface area contributed by atoms with E-state index < -0.39 is 42.1 Å². The molecule has 0 saturated carbocycles. The van der Waals surface area contributed by atoms with Crippen molar-refractivity contribution in [3.63, 3.8) is 0 Å². The fourth-order valence-electron chi connectivity index (χ4n) is 1.50. The molecule has 0 bridgehead atoms. The molecule has 0 atom stereocenters. The van der Waals surface area contributed by atoms with Crippen LogP contribution in [-0.2, 0) is 31.9 Å². The van der Waals surface area contributed by atoms with Gasteiger partial charge in [-0.2, -0.15) is 8.42 Å². The summed E-state index contributed by atoms with van der Waals surface area (Å²) in [7, 11) is -8.90. The van der Waals surface area contributed by atoms with Gasteiger partial charge in [-0.25, -0.2) is 18.7 Å². The lowest BCUT2D eigenvalue weighted by molar-refractivity contribution is 0.172. The largest absolute Gasteiger partial charge is 0.294 e. The molecular weight excluding hydrogens is 270 g/mol. The Hall–Kier alpha value is -1.00. The molecule has 0 aliphatic rings. The molecule has 0 spiro atoms. The van der Waals surface area contributed by atoms with Crippen molar-refractivity contribution in [3.05, 3.63) is 23.3 Å². The Bertz CT molecular complexity index is 647. The van der Waals surface area contributed by atoms with E-state index in [0.717, 1.165) is 12.1 Å². The highest BCUT2D eigenvalue weighted by Crippen LogP contribution is 2.26. The second kappa shape index (κ2) is 4.35. The fraction of sp³-hybridized carbons (Fsp3) is 0.250. The average molecular weight is 280 g/mol. The van der Waals surface area contributed by atoms with Gasteiger partial charge in [0.1, 0.15) is 11.5 Å². The van der Waals surface area contributed by atoms with E-state index in [0.29, 0.717) is 0 Å². The monoisotopic (exact) mass is 280 g/mol. The summed E-state index contributed by atoms with van der Waals surface area (Å²) in [5.41, 5.74) is -0.402. The molecule has 0 aliphatic carbocycles. The number of aryl methyl sites for hydroxylation is 1. The van der Waals surface area contributed by atoms with Crippen molar-refractivity contribution in [2.45, 2.75) is 23.3 Å². The summed E-state index contributed by atoms with van der Waals surface area (Å²) in [5, 5.41) is 15.8. The number of hydrogen-bond donors (Lipinski definition) is 2. The zero-order chi connectivity index (χ0) is 13.4. The smallest absolute Gasteiger partial charge is 0.282 e. The van der Waals surface area contributed by atoms with E-state index in [-0.39, 0.29) is 5.56 Å². The van der Waals surface area contributed by atoms with Crippen LogP contribution in [0.1, 0.15) is 11.1 Å². The van der Waals surface area contributed by atoms with Crippen LogP contribution in [0.3, 0.4) is 0 Å². The summed E-state index contributed by atoms with van der Waals surface area (Å²) in [5.74, 6) is 0. The average Bonchev–Trinajstić information content (AvgIpc) is 2.12. The Balaban J connectivity index is 3.85. The van der Waals surface area contributed by atoms with Gasteiger partial charge in [-0.15, -0.1) is 0 Å². The van der Waals surface area contributed by atoms with Crippen LogP contribution in [0.4, 0.5) is 0 Å². The van der Waals surface area contributed by atoms with Gasteiger partial charge >= 0.3 is 0 Å². The molecule has 95 valence electrons. The zero-order valence-corrected chi connectivity index (χ0v) is 10.4. The highest BCUT2D eigenvalue weighted by molar-refractivity contribution is 7.89. The van der Waals surface area contributed by atoms with E-state index >= 15 is 0 Å². The van der Waals surface area contributed by atoms with Gasteiger partial charge in [0.25, 0.3) is 10.1 Å². The van der Waals surface area contributed by atoms with Crippen LogP contribution >= 0.6 is 0 Å². The lowest BCUT2D eigenvalue weighted by Crippen LogP contribution is -2.18. The molecule has 0 saturated heterocycles. The first kappa shape index (κ1) is 14.1. The van der Waals surface area contributed by atoms with Crippen molar-refractivity contribution < 1.29 is 26.5 Å². The molecule has 1 rings (SSSR count). The molecule has 0 aromatic heterocycles. The molecule has 0 fully saturated rings. The number of sulfonamides is 1. The maximum absolute atomic E-state index is 11.3. The van der Waals surface area contributed by atoms with Crippen molar-refractivity contribution in [2.24, 2.45) is 5.14 Å². The Kier molecular flexibility index (Phi) is 3.60. The van der Waals surface area contributed by atoms with Gasteiger partial charge in [0.15, 0.2) is 0 Å². The third kappa shape index (κ3) is 2.82. The van der Waals surface area contributed by atoms with Gasteiger partial charge < -0.3 is 0 Å². The van der Waals surface area contributed by atoms with Crippen molar-refractivity contribution in [1.29, 1.82) is 0 Å². The fourth-order valence-corrected chi connectivity index (χ4v) is 3.31.